The molecule has 4 rings (SSSR count). The van der Waals surface area contributed by atoms with Gasteiger partial charge in [-0.25, -0.2) is 0 Å². The number of Topliss-reactive ketones (excluding diaryl/α,β-unsaturated/α-hetero) is 1. The van der Waals surface area contributed by atoms with E-state index in [0.717, 1.165) is 17.5 Å². The number of ether oxygens (including phenoxy) is 2. The topological polar surface area (TPSA) is 79.3 Å². The fourth-order valence-electron chi connectivity index (χ4n) is 4.34. The van der Waals surface area contributed by atoms with E-state index in [9.17, 15) is 14.7 Å². The molecule has 1 aliphatic rings. The lowest BCUT2D eigenvalue weighted by Crippen LogP contribution is -2.35. The Labute approximate surface area is 223 Å². The summed E-state index contributed by atoms with van der Waals surface area (Å²) >= 11 is 0. The molecule has 0 saturated carbocycles. The Balaban J connectivity index is 1.65. The summed E-state index contributed by atoms with van der Waals surface area (Å²) in [5, 5.41) is 11.3. The van der Waals surface area contributed by atoms with Crippen molar-refractivity contribution in [3.05, 3.63) is 101 Å². The fraction of sp³-hybridized carbons (Fsp3) is 0.290. The smallest absolute Gasteiger partial charge is 0.295 e. The second kappa shape index (κ2) is 12.4. The van der Waals surface area contributed by atoms with Gasteiger partial charge in [-0.05, 0) is 68.0 Å². The second-order valence-corrected chi connectivity index (χ2v) is 9.51. The van der Waals surface area contributed by atoms with Gasteiger partial charge in [0.1, 0.15) is 23.9 Å². The monoisotopic (exact) mass is 514 g/mol. The van der Waals surface area contributed by atoms with Gasteiger partial charge in [-0.1, -0.05) is 49.4 Å². The highest BCUT2D eigenvalue weighted by atomic mass is 16.5. The van der Waals surface area contributed by atoms with Crippen LogP contribution in [0.25, 0.3) is 5.76 Å². The Hall–Kier alpha value is -4.10. The van der Waals surface area contributed by atoms with Gasteiger partial charge in [-0.3, -0.25) is 9.59 Å². The molecule has 1 N–H and O–H groups in total. The van der Waals surface area contributed by atoms with Crippen molar-refractivity contribution in [1.82, 2.24) is 9.80 Å². The van der Waals surface area contributed by atoms with E-state index in [-0.39, 0.29) is 11.3 Å². The van der Waals surface area contributed by atoms with Crippen LogP contribution in [0.1, 0.15) is 36.1 Å². The largest absolute Gasteiger partial charge is 0.507 e. The molecule has 0 spiro atoms. The van der Waals surface area contributed by atoms with E-state index in [2.05, 4.69) is 0 Å². The summed E-state index contributed by atoms with van der Waals surface area (Å²) in [5.41, 5.74) is 2.31. The lowest BCUT2D eigenvalue weighted by Gasteiger charge is -2.26. The highest BCUT2D eigenvalue weighted by molar-refractivity contribution is 6.46. The first-order valence-corrected chi connectivity index (χ1v) is 12.8. The predicted molar refractivity (Wildman–Crippen MR) is 147 cm³/mol. The molecule has 198 valence electrons. The average Bonchev–Trinajstić information content (AvgIpc) is 3.19. The quantitative estimate of drug-likeness (QED) is 0.220. The number of ketones is 1. The lowest BCUT2D eigenvalue weighted by atomic mass is 9.95. The summed E-state index contributed by atoms with van der Waals surface area (Å²) in [4.78, 5) is 29.8. The molecular weight excluding hydrogens is 480 g/mol. The lowest BCUT2D eigenvalue weighted by molar-refractivity contribution is -0.140. The van der Waals surface area contributed by atoms with Crippen molar-refractivity contribution < 1.29 is 24.2 Å². The molecule has 1 fully saturated rings. The number of benzene rings is 3. The maximum absolute atomic E-state index is 13.2. The van der Waals surface area contributed by atoms with Crippen LogP contribution in [0.4, 0.5) is 0 Å². The minimum absolute atomic E-state index is 0.0777. The van der Waals surface area contributed by atoms with E-state index in [4.69, 9.17) is 9.47 Å². The number of likely N-dealkylation sites (tertiary alicyclic amines) is 1. The third-order valence-corrected chi connectivity index (χ3v) is 6.37. The Kier molecular flexibility index (Phi) is 8.81. The van der Waals surface area contributed by atoms with E-state index >= 15 is 0 Å². The van der Waals surface area contributed by atoms with Gasteiger partial charge in [-0.15, -0.1) is 0 Å². The minimum atomic E-state index is -0.714. The van der Waals surface area contributed by atoms with Crippen LogP contribution in [0.15, 0.2) is 84.4 Å². The Morgan fingerprint density at radius 2 is 1.53 bits per heavy atom. The number of hydrogen-bond acceptors (Lipinski definition) is 6. The Morgan fingerprint density at radius 1 is 0.895 bits per heavy atom. The van der Waals surface area contributed by atoms with E-state index in [1.165, 1.54) is 4.90 Å². The summed E-state index contributed by atoms with van der Waals surface area (Å²) in [5.74, 6) is -0.164. The number of amides is 1. The maximum Gasteiger partial charge on any atom is 0.295 e. The van der Waals surface area contributed by atoms with Crippen molar-refractivity contribution in [2.75, 3.05) is 33.8 Å². The molecule has 0 radical (unpaired) electrons. The van der Waals surface area contributed by atoms with Crippen LogP contribution in [-0.4, -0.2) is 60.4 Å². The summed E-state index contributed by atoms with van der Waals surface area (Å²) in [6.07, 6.45) is 0.883. The number of nitrogens with zero attached hydrogens (tertiary/aromatic N) is 2. The first-order valence-electron chi connectivity index (χ1n) is 12.8. The first kappa shape index (κ1) is 26.9. The van der Waals surface area contributed by atoms with Gasteiger partial charge in [0.15, 0.2) is 0 Å². The van der Waals surface area contributed by atoms with Crippen LogP contribution in [0.5, 0.6) is 11.5 Å². The van der Waals surface area contributed by atoms with Crippen molar-refractivity contribution in [1.29, 1.82) is 0 Å². The van der Waals surface area contributed by atoms with E-state index in [0.29, 0.717) is 43.4 Å². The molecule has 1 unspecified atom stereocenters. The molecule has 1 saturated heterocycles. The molecule has 1 aliphatic heterocycles. The SMILES string of the molecule is CCCOc1ccc(C(O)=C2C(=O)C(=O)N(CCN(C)C)C2c2ccc(OCc3ccccc3)cc2)cc1. The van der Waals surface area contributed by atoms with Gasteiger partial charge in [0.25, 0.3) is 11.7 Å². The summed E-state index contributed by atoms with van der Waals surface area (Å²) < 4.78 is 11.5. The maximum atomic E-state index is 13.2. The van der Waals surface area contributed by atoms with Crippen molar-refractivity contribution in [2.24, 2.45) is 0 Å². The van der Waals surface area contributed by atoms with Crippen LogP contribution < -0.4 is 9.47 Å². The molecular formula is C31H34N2O5. The van der Waals surface area contributed by atoms with Crippen molar-refractivity contribution >= 4 is 17.4 Å². The molecule has 3 aromatic carbocycles. The molecule has 0 aromatic heterocycles. The minimum Gasteiger partial charge on any atom is -0.507 e. The number of aliphatic hydroxyl groups is 1. The van der Waals surface area contributed by atoms with E-state index < -0.39 is 17.7 Å². The second-order valence-electron chi connectivity index (χ2n) is 9.51. The molecule has 7 heteroatoms. The molecule has 7 nitrogen and oxygen atoms in total. The van der Waals surface area contributed by atoms with Crippen LogP contribution in [0, 0.1) is 0 Å². The zero-order valence-electron chi connectivity index (χ0n) is 22.1. The van der Waals surface area contributed by atoms with Crippen molar-refractivity contribution in [3.63, 3.8) is 0 Å². The summed E-state index contributed by atoms with van der Waals surface area (Å²) in [6, 6.07) is 23.4. The molecule has 0 bridgehead atoms. The summed E-state index contributed by atoms with van der Waals surface area (Å²) in [6.45, 7) is 3.96. The van der Waals surface area contributed by atoms with Gasteiger partial charge >= 0.3 is 0 Å². The highest BCUT2D eigenvalue weighted by Crippen LogP contribution is 2.40. The normalized spacial score (nSPS) is 16.7. The van der Waals surface area contributed by atoms with E-state index in [1.807, 2.05) is 80.5 Å². The molecule has 1 heterocycles. The van der Waals surface area contributed by atoms with Gasteiger partial charge in [0, 0.05) is 18.7 Å². The van der Waals surface area contributed by atoms with Crippen molar-refractivity contribution in [2.45, 2.75) is 26.0 Å². The third-order valence-electron chi connectivity index (χ3n) is 6.37. The molecule has 3 aromatic rings. The van der Waals surface area contributed by atoms with Gasteiger partial charge in [0.2, 0.25) is 0 Å². The number of carbonyl (C=O) groups is 2. The van der Waals surface area contributed by atoms with Crippen LogP contribution in [-0.2, 0) is 16.2 Å². The zero-order chi connectivity index (χ0) is 27.1. The molecule has 38 heavy (non-hydrogen) atoms. The fourth-order valence-corrected chi connectivity index (χ4v) is 4.34. The molecule has 1 amide bonds. The summed E-state index contributed by atoms with van der Waals surface area (Å²) in [7, 11) is 3.82. The van der Waals surface area contributed by atoms with E-state index in [1.54, 1.807) is 24.3 Å². The van der Waals surface area contributed by atoms with Crippen LogP contribution >= 0.6 is 0 Å². The molecule has 1 atom stereocenters. The standard InChI is InChI=1S/C31H34N2O5/c1-4-20-37-25-16-12-24(13-17-25)29(34)27-28(33(19-18-32(2)3)31(36)30(27)35)23-10-14-26(15-11-23)38-21-22-8-6-5-7-9-22/h5-17,28,34H,4,18-21H2,1-3H3. The van der Waals surface area contributed by atoms with Crippen molar-refractivity contribution in [3.8, 4) is 11.5 Å². The zero-order valence-corrected chi connectivity index (χ0v) is 22.1. The highest BCUT2D eigenvalue weighted by Gasteiger charge is 2.45. The van der Waals surface area contributed by atoms with Crippen LogP contribution in [0.2, 0.25) is 0 Å². The first-order chi connectivity index (χ1) is 18.4. The molecule has 0 aliphatic carbocycles. The number of rotatable bonds is 11. The van der Waals surface area contributed by atoms with Crippen LogP contribution in [0.3, 0.4) is 0 Å². The predicted octanol–water partition coefficient (Wildman–Crippen LogP) is 5.04. The van der Waals surface area contributed by atoms with Gasteiger partial charge in [-0.2, -0.15) is 0 Å². The van der Waals surface area contributed by atoms with Gasteiger partial charge < -0.3 is 24.4 Å². The number of carbonyl (C=O) groups excluding carboxylic acids is 2. The van der Waals surface area contributed by atoms with Gasteiger partial charge in [0.05, 0.1) is 18.2 Å². The Morgan fingerprint density at radius 3 is 2.16 bits per heavy atom. The third kappa shape index (κ3) is 6.23. The number of likely N-dealkylation sites (N-methyl/N-ethyl adjacent to an activating group) is 1. The average molecular weight is 515 g/mol. The Bertz CT molecular complexity index is 1270. The number of hydrogen-bond donors (Lipinski definition) is 1. The number of aliphatic hydroxyl groups excluding tert-OH is 1.